The lowest BCUT2D eigenvalue weighted by Gasteiger charge is -1.99. The zero-order valence-corrected chi connectivity index (χ0v) is 5.39. The SMILES string of the molecule is CNOC(=O)B(C)C. The third-order valence-corrected chi connectivity index (χ3v) is 0.674. The van der Waals surface area contributed by atoms with Gasteiger partial charge in [0.05, 0.1) is 0 Å². The Labute approximate surface area is 49.4 Å². The molecule has 0 aliphatic rings. The maximum Gasteiger partial charge on any atom is 0.274 e. The second kappa shape index (κ2) is 3.49. The van der Waals surface area contributed by atoms with E-state index in [1.165, 1.54) is 0 Å². The molecule has 0 bridgehead atoms. The van der Waals surface area contributed by atoms with Crippen LogP contribution in [0, 0.1) is 0 Å². The zero-order chi connectivity index (χ0) is 6.57. The van der Waals surface area contributed by atoms with E-state index in [1.807, 2.05) is 0 Å². The van der Waals surface area contributed by atoms with Gasteiger partial charge in [0.2, 0.25) is 0 Å². The molecule has 0 radical (unpaired) electrons. The van der Waals surface area contributed by atoms with Crippen LogP contribution in [0.4, 0.5) is 4.79 Å². The summed E-state index contributed by atoms with van der Waals surface area (Å²) in [5.41, 5.74) is 2.30. The van der Waals surface area contributed by atoms with Gasteiger partial charge in [-0.1, -0.05) is 13.6 Å². The number of nitrogens with one attached hydrogen (secondary N) is 1. The highest BCUT2D eigenvalue weighted by atomic mass is 16.7. The van der Waals surface area contributed by atoms with E-state index in [4.69, 9.17) is 0 Å². The van der Waals surface area contributed by atoms with Crippen LogP contribution < -0.4 is 5.48 Å². The Morgan fingerprint density at radius 2 is 2.12 bits per heavy atom. The van der Waals surface area contributed by atoms with E-state index in [1.54, 1.807) is 20.7 Å². The van der Waals surface area contributed by atoms with E-state index in [0.29, 0.717) is 0 Å². The highest BCUT2D eigenvalue weighted by Crippen LogP contribution is 1.83. The van der Waals surface area contributed by atoms with Crippen LogP contribution in [0.2, 0.25) is 13.6 Å². The van der Waals surface area contributed by atoms with Crippen LogP contribution in [0.15, 0.2) is 0 Å². The van der Waals surface area contributed by atoms with Gasteiger partial charge in [0.1, 0.15) is 0 Å². The summed E-state index contributed by atoms with van der Waals surface area (Å²) in [4.78, 5) is 14.9. The fraction of sp³-hybridized carbons (Fsp3) is 0.750. The van der Waals surface area contributed by atoms with Crippen LogP contribution in [0.25, 0.3) is 0 Å². The van der Waals surface area contributed by atoms with Gasteiger partial charge < -0.3 is 4.84 Å². The minimum Gasteiger partial charge on any atom is -0.383 e. The average molecular weight is 115 g/mol. The van der Waals surface area contributed by atoms with Crippen molar-refractivity contribution >= 4 is 12.6 Å². The van der Waals surface area contributed by atoms with Gasteiger partial charge in [-0.2, -0.15) is 5.48 Å². The molecule has 0 amide bonds. The quantitative estimate of drug-likeness (QED) is 0.422. The fourth-order valence-corrected chi connectivity index (χ4v) is 0.218. The maximum atomic E-state index is 10.5. The normalized spacial score (nSPS) is 8.38. The molecule has 8 heavy (non-hydrogen) atoms. The van der Waals surface area contributed by atoms with Gasteiger partial charge in [-0.3, -0.25) is 4.79 Å². The number of hydrogen-bond donors (Lipinski definition) is 1. The van der Waals surface area contributed by atoms with Crippen LogP contribution in [0.1, 0.15) is 0 Å². The van der Waals surface area contributed by atoms with Crippen molar-refractivity contribution in [3.63, 3.8) is 0 Å². The van der Waals surface area contributed by atoms with Crippen molar-refractivity contribution < 1.29 is 9.63 Å². The van der Waals surface area contributed by atoms with Gasteiger partial charge in [0, 0.05) is 7.05 Å². The molecular formula is C4H10BNO2. The largest absolute Gasteiger partial charge is 0.383 e. The summed E-state index contributed by atoms with van der Waals surface area (Å²) in [6.45, 7) is 3.50. The minimum absolute atomic E-state index is 0.0533. The molecule has 3 nitrogen and oxygen atoms in total. The lowest BCUT2D eigenvalue weighted by molar-refractivity contribution is 0.126. The first-order valence-electron chi connectivity index (χ1n) is 2.56. The first-order chi connectivity index (χ1) is 3.68. The Bertz CT molecular complexity index is 84.1. The van der Waals surface area contributed by atoms with Gasteiger partial charge in [0.25, 0.3) is 12.6 Å². The molecule has 0 rings (SSSR count). The first kappa shape index (κ1) is 7.49. The van der Waals surface area contributed by atoms with Crippen molar-refractivity contribution in [3.8, 4) is 0 Å². The molecule has 1 N–H and O–H groups in total. The van der Waals surface area contributed by atoms with Crippen LogP contribution in [0.5, 0.6) is 0 Å². The summed E-state index contributed by atoms with van der Waals surface area (Å²) in [5, 5.41) is 0. The van der Waals surface area contributed by atoms with Crippen LogP contribution >= 0.6 is 0 Å². The Balaban J connectivity index is 3.33. The molecule has 0 saturated heterocycles. The number of carbonyl (C=O) groups excluding carboxylic acids is 1. The Kier molecular flexibility index (Phi) is 3.27. The molecule has 0 atom stereocenters. The molecule has 0 heterocycles. The van der Waals surface area contributed by atoms with E-state index in [2.05, 4.69) is 10.3 Å². The molecule has 0 aromatic heterocycles. The molecular weight excluding hydrogens is 105 g/mol. The Morgan fingerprint density at radius 3 is 2.25 bits per heavy atom. The van der Waals surface area contributed by atoms with Crippen molar-refractivity contribution in [2.45, 2.75) is 13.6 Å². The monoisotopic (exact) mass is 115 g/mol. The summed E-state index contributed by atoms with van der Waals surface area (Å²) < 4.78 is 0. The summed E-state index contributed by atoms with van der Waals surface area (Å²) in [6.07, 6.45) is 0. The highest BCUT2D eigenvalue weighted by molar-refractivity contribution is 6.86. The molecule has 0 aromatic rings. The standard InChI is InChI=1S/C4H10BNO2/c1-5(2)4(7)8-6-3/h6H,1-3H3. The molecule has 0 aromatic carbocycles. The fourth-order valence-electron chi connectivity index (χ4n) is 0.218. The molecule has 0 saturated carbocycles. The molecule has 0 spiro atoms. The third-order valence-electron chi connectivity index (χ3n) is 0.674. The average Bonchev–Trinajstić information content (AvgIpc) is 1.67. The van der Waals surface area contributed by atoms with Gasteiger partial charge >= 0.3 is 0 Å². The molecule has 4 heteroatoms. The first-order valence-corrected chi connectivity index (χ1v) is 2.56. The third kappa shape index (κ3) is 2.63. The Hall–Kier alpha value is -0.505. The van der Waals surface area contributed by atoms with E-state index in [9.17, 15) is 4.79 Å². The van der Waals surface area contributed by atoms with Crippen LogP contribution in [0.3, 0.4) is 0 Å². The molecule has 0 unspecified atom stereocenters. The molecule has 0 aliphatic heterocycles. The molecule has 0 aliphatic carbocycles. The lowest BCUT2D eigenvalue weighted by atomic mass is 9.55. The number of hydrogen-bond acceptors (Lipinski definition) is 3. The van der Waals surface area contributed by atoms with Gasteiger partial charge in [-0.15, -0.1) is 0 Å². The summed E-state index contributed by atoms with van der Waals surface area (Å²) in [6, 6.07) is 0. The highest BCUT2D eigenvalue weighted by Gasteiger charge is 2.11. The van der Waals surface area contributed by atoms with Gasteiger partial charge in [0.15, 0.2) is 0 Å². The van der Waals surface area contributed by atoms with Crippen molar-refractivity contribution in [1.82, 2.24) is 5.48 Å². The van der Waals surface area contributed by atoms with E-state index < -0.39 is 0 Å². The van der Waals surface area contributed by atoms with Crippen molar-refractivity contribution in [3.05, 3.63) is 0 Å². The predicted molar refractivity (Wildman–Crippen MR) is 33.0 cm³/mol. The van der Waals surface area contributed by atoms with Crippen molar-refractivity contribution in [2.75, 3.05) is 7.05 Å². The zero-order valence-electron chi connectivity index (χ0n) is 5.39. The summed E-state index contributed by atoms with van der Waals surface area (Å²) in [7, 11) is 1.56. The van der Waals surface area contributed by atoms with Crippen molar-refractivity contribution in [2.24, 2.45) is 0 Å². The Morgan fingerprint density at radius 1 is 1.62 bits per heavy atom. The summed E-state index contributed by atoms with van der Waals surface area (Å²) in [5.74, 6) is -0.229. The van der Waals surface area contributed by atoms with Gasteiger partial charge in [-0.05, 0) is 0 Å². The smallest absolute Gasteiger partial charge is 0.274 e. The second-order valence-corrected chi connectivity index (χ2v) is 1.78. The topological polar surface area (TPSA) is 38.3 Å². The van der Waals surface area contributed by atoms with Gasteiger partial charge in [-0.25, -0.2) is 0 Å². The predicted octanol–water partition coefficient (Wildman–Crippen LogP) is 0.593. The summed E-state index contributed by atoms with van der Waals surface area (Å²) >= 11 is 0. The lowest BCUT2D eigenvalue weighted by Crippen LogP contribution is -2.24. The maximum absolute atomic E-state index is 10.5. The van der Waals surface area contributed by atoms with Crippen LogP contribution in [-0.2, 0) is 4.84 Å². The molecule has 46 valence electrons. The number of carbonyl (C=O) groups is 1. The number of rotatable bonds is 2. The van der Waals surface area contributed by atoms with E-state index in [0.717, 1.165) is 0 Å². The second-order valence-electron chi connectivity index (χ2n) is 1.78. The minimum atomic E-state index is -0.229. The van der Waals surface area contributed by atoms with E-state index >= 15 is 0 Å². The number of hydroxylamine groups is 1. The van der Waals surface area contributed by atoms with Crippen LogP contribution in [-0.4, -0.2) is 19.6 Å². The van der Waals surface area contributed by atoms with E-state index in [-0.39, 0.29) is 12.6 Å². The van der Waals surface area contributed by atoms with Crippen molar-refractivity contribution in [1.29, 1.82) is 0 Å². The molecule has 0 fully saturated rings.